The molecule has 0 bridgehead atoms. The number of carbonyl (C=O) groups is 1. The molecule has 5 nitrogen and oxygen atoms in total. The van der Waals surface area contributed by atoms with Crippen LogP contribution in [0, 0.1) is 11.3 Å². The molecule has 1 aliphatic rings. The van der Waals surface area contributed by atoms with Crippen LogP contribution in [0.4, 0.5) is 0 Å². The first-order valence-corrected chi connectivity index (χ1v) is 10.6. The number of rotatable bonds is 6. The Labute approximate surface area is 194 Å². The Bertz CT molecular complexity index is 1270. The third-order valence-electron chi connectivity index (χ3n) is 4.90. The van der Waals surface area contributed by atoms with Crippen molar-refractivity contribution in [3.05, 3.63) is 105 Å². The summed E-state index contributed by atoms with van der Waals surface area (Å²) in [4.78, 5) is 12.3. The number of halogens is 1. The molecule has 6 heteroatoms. The van der Waals surface area contributed by atoms with Crippen LogP contribution in [0.1, 0.15) is 22.3 Å². The molecular weight excluding hydrogens is 470 g/mol. The van der Waals surface area contributed by atoms with Crippen molar-refractivity contribution in [3.8, 4) is 17.6 Å². The van der Waals surface area contributed by atoms with E-state index in [0.717, 1.165) is 26.9 Å². The van der Waals surface area contributed by atoms with E-state index in [-0.39, 0.29) is 6.61 Å². The lowest BCUT2D eigenvalue weighted by Gasteiger charge is -2.10. The zero-order chi connectivity index (χ0) is 22.5. The fourth-order valence-corrected chi connectivity index (χ4v) is 3.71. The molecule has 32 heavy (non-hydrogen) atoms. The number of nitrogens with zero attached hydrogens (tertiary/aromatic N) is 1. The average Bonchev–Trinajstić information content (AvgIpc) is 3.18. The van der Waals surface area contributed by atoms with Crippen molar-refractivity contribution in [1.29, 1.82) is 5.26 Å². The summed E-state index contributed by atoms with van der Waals surface area (Å²) in [5.41, 5.74) is 3.48. The molecule has 158 valence electrons. The predicted octanol–water partition coefficient (Wildman–Crippen LogP) is 5.89. The molecule has 0 amide bonds. The largest absolute Gasteiger partial charge is 0.497 e. The minimum atomic E-state index is -0.402. The van der Waals surface area contributed by atoms with E-state index < -0.39 is 5.97 Å². The molecule has 0 atom stereocenters. The van der Waals surface area contributed by atoms with Gasteiger partial charge in [-0.05, 0) is 76.1 Å². The van der Waals surface area contributed by atoms with Crippen LogP contribution in [0.25, 0.3) is 11.8 Å². The molecule has 1 aliphatic heterocycles. The van der Waals surface area contributed by atoms with Crippen LogP contribution in [0.15, 0.2) is 82.9 Å². The molecule has 0 aliphatic carbocycles. The fraction of sp³-hybridized carbons (Fsp3) is 0.0769. The van der Waals surface area contributed by atoms with E-state index in [0.29, 0.717) is 22.6 Å². The number of benzene rings is 3. The lowest BCUT2D eigenvalue weighted by molar-refractivity contribution is -0.130. The normalized spacial score (nSPS) is 14.0. The maximum absolute atomic E-state index is 12.3. The van der Waals surface area contributed by atoms with E-state index in [1.54, 1.807) is 25.3 Å². The van der Waals surface area contributed by atoms with E-state index >= 15 is 0 Å². The third-order valence-corrected chi connectivity index (χ3v) is 5.52. The van der Waals surface area contributed by atoms with Gasteiger partial charge in [0.05, 0.1) is 28.8 Å². The van der Waals surface area contributed by atoms with E-state index in [1.165, 1.54) is 0 Å². The maximum Gasteiger partial charge on any atom is 0.343 e. The van der Waals surface area contributed by atoms with E-state index in [1.807, 2.05) is 60.7 Å². The van der Waals surface area contributed by atoms with Crippen LogP contribution in [-0.2, 0) is 16.1 Å². The van der Waals surface area contributed by atoms with Crippen LogP contribution in [0.3, 0.4) is 0 Å². The highest BCUT2D eigenvalue weighted by Gasteiger charge is 2.22. The molecule has 0 N–H and O–H groups in total. The van der Waals surface area contributed by atoms with Crippen LogP contribution in [-0.4, -0.2) is 13.1 Å². The molecule has 0 spiro atoms. The number of nitriles is 1. The monoisotopic (exact) mass is 487 g/mol. The van der Waals surface area contributed by atoms with Gasteiger partial charge < -0.3 is 14.2 Å². The van der Waals surface area contributed by atoms with E-state index in [2.05, 4.69) is 22.0 Å². The first kappa shape index (κ1) is 21.4. The van der Waals surface area contributed by atoms with Crippen molar-refractivity contribution in [2.45, 2.75) is 6.61 Å². The fourth-order valence-electron chi connectivity index (χ4n) is 3.20. The molecule has 1 heterocycles. The van der Waals surface area contributed by atoms with E-state index in [4.69, 9.17) is 14.2 Å². The highest BCUT2D eigenvalue weighted by Crippen LogP contribution is 2.31. The van der Waals surface area contributed by atoms with Gasteiger partial charge in [0.15, 0.2) is 0 Å². The van der Waals surface area contributed by atoms with Gasteiger partial charge in [0.1, 0.15) is 23.9 Å². The van der Waals surface area contributed by atoms with Gasteiger partial charge in [0.25, 0.3) is 0 Å². The Morgan fingerprint density at radius 3 is 2.59 bits per heavy atom. The van der Waals surface area contributed by atoms with Crippen molar-refractivity contribution in [3.63, 3.8) is 0 Å². The number of esters is 1. The Kier molecular flexibility index (Phi) is 6.39. The molecule has 0 saturated carbocycles. The van der Waals surface area contributed by atoms with Crippen LogP contribution in [0.2, 0.25) is 0 Å². The summed E-state index contributed by atoms with van der Waals surface area (Å²) >= 11 is 3.52. The van der Waals surface area contributed by atoms with Gasteiger partial charge in [-0.25, -0.2) is 4.79 Å². The topological polar surface area (TPSA) is 68.5 Å². The average molecular weight is 488 g/mol. The molecule has 0 fully saturated rings. The Hall–Kier alpha value is -3.82. The molecule has 3 aromatic carbocycles. The summed E-state index contributed by atoms with van der Waals surface area (Å²) in [5, 5.41) is 9.21. The summed E-state index contributed by atoms with van der Waals surface area (Å²) in [7, 11) is 1.60. The number of cyclic esters (lactones) is 1. The van der Waals surface area contributed by atoms with Crippen LogP contribution >= 0.6 is 15.9 Å². The molecule has 4 rings (SSSR count). The third kappa shape index (κ3) is 4.74. The quantitative estimate of drug-likeness (QED) is 0.320. The van der Waals surface area contributed by atoms with Crippen molar-refractivity contribution < 1.29 is 19.0 Å². The van der Waals surface area contributed by atoms with Gasteiger partial charge in [0, 0.05) is 11.1 Å². The Balaban J connectivity index is 1.50. The van der Waals surface area contributed by atoms with Gasteiger partial charge in [0.2, 0.25) is 0 Å². The van der Waals surface area contributed by atoms with Crippen molar-refractivity contribution in [1.82, 2.24) is 0 Å². The minimum absolute atomic E-state index is 0.281. The SMILES string of the molecule is COc1ccc(C2=C/C(=C\c3ccc(OCc4ccccc4C#N)c(Br)c3)C(=O)O2)cc1. The van der Waals surface area contributed by atoms with Crippen molar-refractivity contribution >= 4 is 33.7 Å². The zero-order valence-electron chi connectivity index (χ0n) is 17.2. The number of hydrogen-bond donors (Lipinski definition) is 0. The zero-order valence-corrected chi connectivity index (χ0v) is 18.8. The lowest BCUT2D eigenvalue weighted by Crippen LogP contribution is -1.99. The Morgan fingerprint density at radius 2 is 1.88 bits per heavy atom. The summed E-state index contributed by atoms with van der Waals surface area (Å²) in [5.74, 6) is 1.47. The Morgan fingerprint density at radius 1 is 1.09 bits per heavy atom. The highest BCUT2D eigenvalue weighted by atomic mass is 79.9. The molecule has 0 radical (unpaired) electrons. The van der Waals surface area contributed by atoms with Gasteiger partial charge in [-0.2, -0.15) is 5.26 Å². The molecule has 0 aromatic heterocycles. The molecule has 3 aromatic rings. The highest BCUT2D eigenvalue weighted by molar-refractivity contribution is 9.10. The number of methoxy groups -OCH3 is 1. The van der Waals surface area contributed by atoms with Crippen molar-refractivity contribution in [2.24, 2.45) is 0 Å². The minimum Gasteiger partial charge on any atom is -0.497 e. The smallest absolute Gasteiger partial charge is 0.343 e. The first-order valence-electron chi connectivity index (χ1n) is 9.78. The summed E-state index contributed by atoms with van der Waals surface area (Å²) in [6.45, 7) is 0.281. The standard InChI is InChI=1S/C26H18BrNO4/c1-30-22-9-7-18(8-10-22)25-14-21(26(29)32-25)12-17-6-11-24(23(27)13-17)31-16-20-5-3-2-4-19(20)15-28/h2-14H,16H2,1H3/b21-12+. The number of ether oxygens (including phenoxy) is 3. The van der Waals surface area contributed by atoms with Gasteiger partial charge >= 0.3 is 5.97 Å². The molecule has 0 saturated heterocycles. The molecule has 0 unspecified atom stereocenters. The van der Waals surface area contributed by atoms with Crippen LogP contribution < -0.4 is 9.47 Å². The van der Waals surface area contributed by atoms with Gasteiger partial charge in [-0.15, -0.1) is 0 Å². The summed E-state index contributed by atoms with van der Waals surface area (Å²) in [6, 6.07) is 22.3. The summed E-state index contributed by atoms with van der Waals surface area (Å²) < 4.78 is 17.2. The van der Waals surface area contributed by atoms with Gasteiger partial charge in [-0.1, -0.05) is 24.3 Å². The van der Waals surface area contributed by atoms with E-state index in [9.17, 15) is 10.1 Å². The summed E-state index contributed by atoms with van der Waals surface area (Å²) in [6.07, 6.45) is 3.49. The number of carbonyl (C=O) groups excluding carboxylic acids is 1. The maximum atomic E-state index is 12.3. The second-order valence-corrected chi connectivity index (χ2v) is 7.83. The van der Waals surface area contributed by atoms with Crippen LogP contribution in [0.5, 0.6) is 11.5 Å². The first-order chi connectivity index (χ1) is 15.6. The lowest BCUT2D eigenvalue weighted by atomic mass is 10.1. The van der Waals surface area contributed by atoms with Gasteiger partial charge in [-0.3, -0.25) is 0 Å². The number of hydrogen-bond acceptors (Lipinski definition) is 5. The second kappa shape index (κ2) is 9.54. The van der Waals surface area contributed by atoms with Crippen molar-refractivity contribution in [2.75, 3.05) is 7.11 Å². The molecular formula is C26H18BrNO4. The second-order valence-electron chi connectivity index (χ2n) is 6.97. The predicted molar refractivity (Wildman–Crippen MR) is 125 cm³/mol.